The van der Waals surface area contributed by atoms with Crippen molar-refractivity contribution in [3.63, 3.8) is 0 Å². The third-order valence-corrected chi connectivity index (χ3v) is 4.74. The maximum absolute atomic E-state index is 12.7. The third kappa shape index (κ3) is 4.72. The Hall–Kier alpha value is -1.56. The molecule has 0 saturated heterocycles. The Morgan fingerprint density at radius 1 is 1.38 bits per heavy atom. The number of nitrogens with two attached hydrogens (primary N) is 1. The van der Waals surface area contributed by atoms with Crippen molar-refractivity contribution in [2.24, 2.45) is 11.7 Å². The van der Waals surface area contributed by atoms with E-state index in [1.807, 2.05) is 26.0 Å². The molecule has 2 rings (SSSR count). The summed E-state index contributed by atoms with van der Waals surface area (Å²) in [6.45, 7) is 4.72. The van der Waals surface area contributed by atoms with E-state index in [1.54, 1.807) is 23.4 Å². The van der Waals surface area contributed by atoms with Crippen LogP contribution in [-0.2, 0) is 17.8 Å². The smallest absolute Gasteiger partial charge is 0.240 e. The van der Waals surface area contributed by atoms with Crippen LogP contribution < -0.4 is 5.73 Å². The average molecular weight is 369 g/mol. The van der Waals surface area contributed by atoms with Crippen LogP contribution in [0.4, 0.5) is 0 Å². The van der Waals surface area contributed by atoms with Crippen LogP contribution in [0.25, 0.3) is 0 Å². The van der Waals surface area contributed by atoms with Gasteiger partial charge in [0, 0.05) is 31.9 Å². The minimum absolute atomic E-state index is 0.0541. The molecule has 0 unspecified atom stereocenters. The van der Waals surface area contributed by atoms with Crippen LogP contribution in [-0.4, -0.2) is 33.4 Å². The molecular formula is C17H22Cl2N4O. The normalized spacial score (nSPS) is 12.4. The van der Waals surface area contributed by atoms with Gasteiger partial charge in [-0.1, -0.05) is 49.2 Å². The number of H-pyrrole nitrogens is 1. The summed E-state index contributed by atoms with van der Waals surface area (Å²) in [4.78, 5) is 21.7. The summed E-state index contributed by atoms with van der Waals surface area (Å²) in [6.07, 6.45) is 4.06. The summed E-state index contributed by atoms with van der Waals surface area (Å²) in [7, 11) is 0. The van der Waals surface area contributed by atoms with Gasteiger partial charge in [-0.15, -0.1) is 0 Å². The fourth-order valence-corrected chi connectivity index (χ4v) is 2.69. The standard InChI is InChI=1S/C17H22Cl2N4O/c1-11(2)16(20)17(24)23(9-6-14-21-7-8-22-14)10-12-4-3-5-13(18)15(12)19/h3-5,7-8,11,16H,6,9-10,20H2,1-2H3,(H,21,22)/t16-/m0/s1. The Morgan fingerprint density at radius 3 is 2.75 bits per heavy atom. The van der Waals surface area contributed by atoms with Crippen molar-refractivity contribution in [3.05, 3.63) is 52.0 Å². The number of rotatable bonds is 7. The molecule has 0 aliphatic heterocycles. The number of aromatic amines is 1. The van der Waals surface area contributed by atoms with Crippen molar-refractivity contribution in [1.29, 1.82) is 0 Å². The fraction of sp³-hybridized carbons (Fsp3) is 0.412. The molecule has 2 aromatic rings. The first kappa shape index (κ1) is 18.8. The summed E-state index contributed by atoms with van der Waals surface area (Å²) in [5, 5.41) is 0.939. The van der Waals surface area contributed by atoms with Crippen LogP contribution in [0.1, 0.15) is 25.2 Å². The molecule has 0 aliphatic carbocycles. The molecule has 5 nitrogen and oxygen atoms in total. The van der Waals surface area contributed by atoms with E-state index >= 15 is 0 Å². The molecule has 1 aromatic heterocycles. The Bertz CT molecular complexity index is 673. The molecule has 130 valence electrons. The van der Waals surface area contributed by atoms with Gasteiger partial charge in [0.15, 0.2) is 0 Å². The first-order valence-electron chi connectivity index (χ1n) is 7.85. The molecule has 0 spiro atoms. The van der Waals surface area contributed by atoms with Crippen molar-refractivity contribution >= 4 is 29.1 Å². The van der Waals surface area contributed by atoms with Gasteiger partial charge < -0.3 is 15.6 Å². The van der Waals surface area contributed by atoms with Gasteiger partial charge in [-0.05, 0) is 17.5 Å². The van der Waals surface area contributed by atoms with Crippen molar-refractivity contribution in [3.8, 4) is 0 Å². The van der Waals surface area contributed by atoms with Gasteiger partial charge >= 0.3 is 0 Å². The fourth-order valence-electron chi connectivity index (χ4n) is 2.31. The zero-order chi connectivity index (χ0) is 17.7. The van der Waals surface area contributed by atoms with Crippen LogP contribution in [0.5, 0.6) is 0 Å². The second kappa shape index (κ2) is 8.51. The summed E-state index contributed by atoms with van der Waals surface area (Å²) in [5.41, 5.74) is 6.86. The highest BCUT2D eigenvalue weighted by molar-refractivity contribution is 6.42. The molecule has 1 heterocycles. The lowest BCUT2D eigenvalue weighted by molar-refractivity contribution is -0.134. The highest BCUT2D eigenvalue weighted by atomic mass is 35.5. The number of nitrogens with one attached hydrogen (secondary N) is 1. The largest absolute Gasteiger partial charge is 0.349 e. The summed E-state index contributed by atoms with van der Waals surface area (Å²) in [6, 6.07) is 4.85. The lowest BCUT2D eigenvalue weighted by Crippen LogP contribution is -2.47. The van der Waals surface area contributed by atoms with Crippen LogP contribution in [0.3, 0.4) is 0 Å². The quantitative estimate of drug-likeness (QED) is 0.787. The Labute approximate surface area is 152 Å². The van der Waals surface area contributed by atoms with Gasteiger partial charge in [-0.25, -0.2) is 4.98 Å². The van der Waals surface area contributed by atoms with Crippen LogP contribution >= 0.6 is 23.2 Å². The molecule has 7 heteroatoms. The molecule has 0 aliphatic rings. The first-order valence-corrected chi connectivity index (χ1v) is 8.61. The number of nitrogens with zero attached hydrogens (tertiary/aromatic N) is 2. The first-order chi connectivity index (χ1) is 11.4. The number of carbonyl (C=O) groups is 1. The van der Waals surface area contributed by atoms with Crippen molar-refractivity contribution in [2.75, 3.05) is 6.54 Å². The molecule has 24 heavy (non-hydrogen) atoms. The van der Waals surface area contributed by atoms with Gasteiger partial charge in [0.05, 0.1) is 16.1 Å². The number of benzene rings is 1. The van der Waals surface area contributed by atoms with E-state index < -0.39 is 6.04 Å². The zero-order valence-electron chi connectivity index (χ0n) is 13.8. The van der Waals surface area contributed by atoms with Gasteiger partial charge in [0.25, 0.3) is 0 Å². The number of carbonyl (C=O) groups excluding carboxylic acids is 1. The minimum atomic E-state index is -0.556. The van der Waals surface area contributed by atoms with Crippen molar-refractivity contribution in [1.82, 2.24) is 14.9 Å². The second-order valence-electron chi connectivity index (χ2n) is 6.03. The van der Waals surface area contributed by atoms with Gasteiger partial charge in [-0.3, -0.25) is 4.79 Å². The van der Waals surface area contributed by atoms with E-state index in [9.17, 15) is 4.79 Å². The topological polar surface area (TPSA) is 75.0 Å². The molecule has 0 radical (unpaired) electrons. The van der Waals surface area contributed by atoms with E-state index in [0.29, 0.717) is 29.6 Å². The predicted octanol–water partition coefficient (Wildman–Crippen LogP) is 3.27. The van der Waals surface area contributed by atoms with Gasteiger partial charge in [0.2, 0.25) is 5.91 Å². The second-order valence-corrected chi connectivity index (χ2v) is 6.81. The molecule has 3 N–H and O–H groups in total. The summed E-state index contributed by atoms with van der Waals surface area (Å²) < 4.78 is 0. The molecule has 1 aromatic carbocycles. The van der Waals surface area contributed by atoms with E-state index in [1.165, 1.54) is 0 Å². The van der Waals surface area contributed by atoms with E-state index in [-0.39, 0.29) is 11.8 Å². The zero-order valence-corrected chi connectivity index (χ0v) is 15.3. The molecular weight excluding hydrogens is 347 g/mol. The highest BCUT2D eigenvalue weighted by Crippen LogP contribution is 2.26. The van der Waals surface area contributed by atoms with Crippen LogP contribution in [0, 0.1) is 5.92 Å². The summed E-state index contributed by atoms with van der Waals surface area (Å²) >= 11 is 12.3. The molecule has 1 amide bonds. The number of hydrogen-bond donors (Lipinski definition) is 2. The highest BCUT2D eigenvalue weighted by Gasteiger charge is 2.24. The van der Waals surface area contributed by atoms with Gasteiger partial charge in [-0.2, -0.15) is 0 Å². The van der Waals surface area contributed by atoms with Gasteiger partial charge in [0.1, 0.15) is 5.82 Å². The SMILES string of the molecule is CC(C)[C@H](N)C(=O)N(CCc1ncc[nH]1)Cc1cccc(Cl)c1Cl. The number of aromatic nitrogens is 2. The predicted molar refractivity (Wildman–Crippen MR) is 97.0 cm³/mol. The Morgan fingerprint density at radius 2 is 2.12 bits per heavy atom. The van der Waals surface area contributed by atoms with E-state index in [2.05, 4.69) is 9.97 Å². The molecule has 1 atom stereocenters. The lowest BCUT2D eigenvalue weighted by Gasteiger charge is -2.27. The minimum Gasteiger partial charge on any atom is -0.349 e. The van der Waals surface area contributed by atoms with Crippen LogP contribution in [0.2, 0.25) is 10.0 Å². The summed E-state index contributed by atoms with van der Waals surface area (Å²) in [5.74, 6) is 0.772. The molecule has 0 saturated carbocycles. The third-order valence-electron chi connectivity index (χ3n) is 3.88. The molecule has 0 bridgehead atoms. The monoisotopic (exact) mass is 368 g/mol. The van der Waals surface area contributed by atoms with Crippen molar-refractivity contribution < 1.29 is 4.79 Å². The van der Waals surface area contributed by atoms with Crippen molar-refractivity contribution in [2.45, 2.75) is 32.9 Å². The number of hydrogen-bond acceptors (Lipinski definition) is 3. The lowest BCUT2D eigenvalue weighted by atomic mass is 10.0. The number of amides is 1. The van der Waals surface area contributed by atoms with E-state index in [0.717, 1.165) is 11.4 Å². The Kier molecular flexibility index (Phi) is 6.66. The molecule has 0 fully saturated rings. The Balaban J connectivity index is 2.17. The van der Waals surface area contributed by atoms with E-state index in [4.69, 9.17) is 28.9 Å². The average Bonchev–Trinajstić information content (AvgIpc) is 3.07. The number of halogens is 2. The number of imidazole rings is 1. The maximum atomic E-state index is 12.7. The van der Waals surface area contributed by atoms with Crippen LogP contribution in [0.15, 0.2) is 30.6 Å². The maximum Gasteiger partial charge on any atom is 0.240 e.